The van der Waals surface area contributed by atoms with Crippen LogP contribution in [0.3, 0.4) is 0 Å². The van der Waals surface area contributed by atoms with E-state index < -0.39 is 10.0 Å². The van der Waals surface area contributed by atoms with E-state index in [2.05, 4.69) is 20.3 Å². The molecule has 0 amide bonds. The first-order valence-corrected chi connectivity index (χ1v) is 12.3. The molecule has 1 aromatic rings. The summed E-state index contributed by atoms with van der Waals surface area (Å²) >= 11 is 0. The average molecular weight is 441 g/mol. The fourth-order valence-electron chi connectivity index (χ4n) is 3.18. The van der Waals surface area contributed by atoms with Crippen LogP contribution in [0.25, 0.3) is 0 Å². The van der Waals surface area contributed by atoms with E-state index in [0.29, 0.717) is 31.6 Å². The van der Waals surface area contributed by atoms with Crippen LogP contribution < -0.4 is 24.8 Å². The Morgan fingerprint density at radius 2 is 1.97 bits per heavy atom. The van der Waals surface area contributed by atoms with Gasteiger partial charge in [-0.1, -0.05) is 12.5 Å². The Bertz CT molecular complexity index is 779. The van der Waals surface area contributed by atoms with Crippen molar-refractivity contribution in [1.29, 1.82) is 0 Å². The topological polar surface area (TPSA) is 101 Å². The number of nitrogens with zero attached hydrogens (tertiary/aromatic N) is 1. The van der Waals surface area contributed by atoms with E-state index in [-0.39, 0.29) is 5.75 Å². The molecular weight excluding hydrogens is 404 g/mol. The third kappa shape index (κ3) is 8.39. The first-order chi connectivity index (χ1) is 14.5. The molecule has 0 aromatic heterocycles. The molecule has 30 heavy (non-hydrogen) atoms. The Kier molecular flexibility index (Phi) is 10.2. The van der Waals surface area contributed by atoms with E-state index in [1.165, 1.54) is 12.0 Å². The molecule has 1 aliphatic rings. The quantitative estimate of drug-likeness (QED) is 0.246. The van der Waals surface area contributed by atoms with Crippen molar-refractivity contribution < 1.29 is 17.9 Å². The number of benzene rings is 1. The third-order valence-corrected chi connectivity index (χ3v) is 6.51. The first kappa shape index (κ1) is 24.3. The molecule has 1 fully saturated rings. The number of sulfonamides is 1. The predicted molar refractivity (Wildman–Crippen MR) is 121 cm³/mol. The number of guanidine groups is 1. The Morgan fingerprint density at radius 1 is 1.20 bits per heavy atom. The molecule has 0 spiro atoms. The molecular formula is C21H36N4O4S. The molecule has 0 saturated heterocycles. The summed E-state index contributed by atoms with van der Waals surface area (Å²) in [4.78, 5) is 4.15. The van der Waals surface area contributed by atoms with E-state index in [1.54, 1.807) is 14.2 Å². The molecule has 1 saturated carbocycles. The van der Waals surface area contributed by atoms with Gasteiger partial charge in [0, 0.05) is 26.7 Å². The van der Waals surface area contributed by atoms with E-state index in [9.17, 15) is 8.42 Å². The molecule has 2 rings (SSSR count). The van der Waals surface area contributed by atoms with Crippen molar-refractivity contribution in [3.63, 3.8) is 0 Å². The lowest BCUT2D eigenvalue weighted by Gasteiger charge is -2.25. The van der Waals surface area contributed by atoms with Crippen LogP contribution in [0.15, 0.2) is 23.2 Å². The van der Waals surface area contributed by atoms with Gasteiger partial charge in [-0.3, -0.25) is 4.99 Å². The summed E-state index contributed by atoms with van der Waals surface area (Å²) in [5, 5.41) is 6.29. The molecule has 0 radical (unpaired) electrons. The summed E-state index contributed by atoms with van der Waals surface area (Å²) in [6.07, 6.45) is 5.25. The number of rotatable bonds is 13. The summed E-state index contributed by atoms with van der Waals surface area (Å²) < 4.78 is 37.7. The van der Waals surface area contributed by atoms with Gasteiger partial charge in [-0.2, -0.15) is 0 Å². The molecule has 0 atom stereocenters. The Morgan fingerprint density at radius 3 is 2.60 bits per heavy atom. The Labute approximate surface area is 180 Å². The highest BCUT2D eigenvalue weighted by Gasteiger charge is 2.20. The maximum absolute atomic E-state index is 12.1. The zero-order chi connectivity index (χ0) is 21.8. The van der Waals surface area contributed by atoms with E-state index in [1.807, 2.05) is 25.1 Å². The lowest BCUT2D eigenvalue weighted by molar-refractivity contribution is 0.310. The van der Waals surface area contributed by atoms with E-state index >= 15 is 0 Å². The number of aryl methyl sites for hydroxylation is 1. The summed E-state index contributed by atoms with van der Waals surface area (Å²) in [6, 6.07) is 5.97. The number of nitrogens with one attached hydrogen (secondary N) is 3. The summed E-state index contributed by atoms with van der Waals surface area (Å²) in [5.41, 5.74) is 1.17. The van der Waals surface area contributed by atoms with Crippen molar-refractivity contribution in [3.05, 3.63) is 23.8 Å². The maximum Gasteiger partial charge on any atom is 0.213 e. The summed E-state index contributed by atoms with van der Waals surface area (Å²) in [5.74, 6) is 2.65. The van der Waals surface area contributed by atoms with Gasteiger partial charge in [0.25, 0.3) is 0 Å². The van der Waals surface area contributed by atoms with E-state index in [0.717, 1.165) is 43.7 Å². The van der Waals surface area contributed by atoms with Gasteiger partial charge in [-0.05, 0) is 56.2 Å². The lowest BCUT2D eigenvalue weighted by atomic mass is 9.86. The monoisotopic (exact) mass is 440 g/mol. The smallest absolute Gasteiger partial charge is 0.213 e. The van der Waals surface area contributed by atoms with Crippen LogP contribution in [0.5, 0.6) is 11.5 Å². The van der Waals surface area contributed by atoms with Crippen LogP contribution in [-0.2, 0) is 16.4 Å². The predicted octanol–water partition coefficient (Wildman–Crippen LogP) is 1.91. The van der Waals surface area contributed by atoms with E-state index in [4.69, 9.17) is 9.47 Å². The van der Waals surface area contributed by atoms with Gasteiger partial charge in [-0.25, -0.2) is 13.1 Å². The fraction of sp³-hybridized carbons (Fsp3) is 0.667. The van der Waals surface area contributed by atoms with Crippen molar-refractivity contribution in [3.8, 4) is 11.5 Å². The molecule has 170 valence electrons. The lowest BCUT2D eigenvalue weighted by Crippen LogP contribution is -2.42. The second-order valence-corrected chi connectivity index (χ2v) is 9.34. The number of ether oxygens (including phenoxy) is 2. The number of methoxy groups -OCH3 is 1. The second-order valence-electron chi connectivity index (χ2n) is 7.41. The maximum atomic E-state index is 12.1. The molecule has 9 heteroatoms. The first-order valence-electron chi connectivity index (χ1n) is 10.7. The highest BCUT2D eigenvalue weighted by molar-refractivity contribution is 7.89. The average Bonchev–Trinajstić information content (AvgIpc) is 2.69. The summed E-state index contributed by atoms with van der Waals surface area (Å²) in [7, 11) is 0.0618. The Balaban J connectivity index is 1.66. The van der Waals surface area contributed by atoms with Crippen LogP contribution in [0.4, 0.5) is 0 Å². The van der Waals surface area contributed by atoms with Gasteiger partial charge in [0.15, 0.2) is 17.5 Å². The molecule has 0 aliphatic heterocycles. The third-order valence-electron chi connectivity index (χ3n) is 5.17. The van der Waals surface area contributed by atoms with Crippen LogP contribution in [0.1, 0.15) is 38.2 Å². The minimum atomic E-state index is -3.25. The minimum Gasteiger partial charge on any atom is -0.493 e. The van der Waals surface area contributed by atoms with Crippen LogP contribution in [0, 0.1) is 5.92 Å². The molecule has 1 aliphatic carbocycles. The molecule has 0 unspecified atom stereocenters. The molecule has 0 bridgehead atoms. The second kappa shape index (κ2) is 12.6. The number of hydrogen-bond donors (Lipinski definition) is 3. The number of hydrogen-bond acceptors (Lipinski definition) is 5. The van der Waals surface area contributed by atoms with Crippen molar-refractivity contribution in [2.45, 2.75) is 39.0 Å². The number of aliphatic imine (C=N–C) groups is 1. The molecule has 8 nitrogen and oxygen atoms in total. The van der Waals surface area contributed by atoms with Gasteiger partial charge >= 0.3 is 0 Å². The Hall–Kier alpha value is -2.00. The highest BCUT2D eigenvalue weighted by atomic mass is 32.2. The molecule has 3 N–H and O–H groups in total. The fourth-order valence-corrected chi connectivity index (χ4v) is 4.19. The molecule has 1 aromatic carbocycles. The van der Waals surface area contributed by atoms with Gasteiger partial charge in [0.05, 0.1) is 19.5 Å². The van der Waals surface area contributed by atoms with Crippen molar-refractivity contribution in [1.82, 2.24) is 15.4 Å². The normalized spacial score (nSPS) is 14.8. The standard InChI is InChI=1S/C21H36N4O4S/c1-4-29-20-15-17(10-11-19(20)28-3)9-6-12-23-21(22-2)24-13-14-30(26,27)25-16-18-7-5-8-18/h10-11,15,18,25H,4-9,12-14,16H2,1-3H3,(H2,22,23,24). The van der Waals surface area contributed by atoms with Gasteiger partial charge < -0.3 is 20.1 Å². The van der Waals surface area contributed by atoms with Crippen LogP contribution in [0.2, 0.25) is 0 Å². The van der Waals surface area contributed by atoms with Crippen LogP contribution >= 0.6 is 0 Å². The zero-order valence-corrected chi connectivity index (χ0v) is 19.2. The van der Waals surface area contributed by atoms with Gasteiger partial charge in [0.1, 0.15) is 0 Å². The van der Waals surface area contributed by atoms with Crippen molar-refractivity contribution in [2.75, 3.05) is 46.2 Å². The van der Waals surface area contributed by atoms with Crippen LogP contribution in [-0.4, -0.2) is 60.5 Å². The van der Waals surface area contributed by atoms with Gasteiger partial charge in [0.2, 0.25) is 10.0 Å². The van der Waals surface area contributed by atoms with Crippen molar-refractivity contribution >= 4 is 16.0 Å². The van der Waals surface area contributed by atoms with Crippen molar-refractivity contribution in [2.24, 2.45) is 10.9 Å². The largest absolute Gasteiger partial charge is 0.493 e. The minimum absolute atomic E-state index is 0.0342. The molecule has 0 heterocycles. The summed E-state index contributed by atoms with van der Waals surface area (Å²) in [6.45, 7) is 4.14. The zero-order valence-electron chi connectivity index (χ0n) is 18.4. The van der Waals surface area contributed by atoms with Gasteiger partial charge in [-0.15, -0.1) is 0 Å². The highest BCUT2D eigenvalue weighted by Crippen LogP contribution is 2.28. The SMILES string of the molecule is CCOc1cc(CCCNC(=NC)NCCS(=O)(=O)NCC2CCC2)ccc1OC.